The Balaban J connectivity index is 2.62. The number of hydrogen-bond donors (Lipinski definition) is 1. The van der Waals surface area contributed by atoms with Gasteiger partial charge in [-0.25, -0.2) is 4.98 Å². The van der Waals surface area contributed by atoms with E-state index in [1.807, 2.05) is 23.6 Å². The maximum Gasteiger partial charge on any atom is 0.161 e. The molecule has 0 aliphatic rings. The molecule has 1 heterocycles. The molecule has 21 heavy (non-hydrogen) atoms. The molecule has 0 aliphatic heterocycles. The first-order chi connectivity index (χ1) is 10.0. The third-order valence-corrected chi connectivity index (χ3v) is 3.89. The molecule has 5 nitrogen and oxygen atoms in total. The highest BCUT2D eigenvalue weighted by molar-refractivity contribution is 9.10. The van der Waals surface area contributed by atoms with Crippen LogP contribution in [0.4, 0.5) is 5.82 Å². The molecule has 2 N–H and O–H groups in total. The van der Waals surface area contributed by atoms with Crippen molar-refractivity contribution in [3.05, 3.63) is 35.1 Å². The van der Waals surface area contributed by atoms with Crippen molar-refractivity contribution in [3.8, 4) is 22.8 Å². The molecule has 0 saturated carbocycles. The summed E-state index contributed by atoms with van der Waals surface area (Å²) in [6, 6.07) is 3.70. The highest BCUT2D eigenvalue weighted by Crippen LogP contribution is 2.40. The minimum atomic E-state index is 0.598. The van der Waals surface area contributed by atoms with Crippen LogP contribution in [0.3, 0.4) is 0 Å². The second-order valence-electron chi connectivity index (χ2n) is 4.48. The summed E-state index contributed by atoms with van der Waals surface area (Å²) in [5.74, 6) is 2.71. The molecule has 0 aliphatic carbocycles. The molecular formula is C15H18BrN3O2. The Morgan fingerprint density at radius 2 is 1.95 bits per heavy atom. The number of nitrogen functional groups attached to an aromatic ring is 1. The number of imidazole rings is 1. The predicted octanol–water partition coefficient (Wildman–Crippen LogP) is 3.41. The Bertz CT molecular complexity index is 680. The lowest BCUT2D eigenvalue weighted by atomic mass is 10.1. The van der Waals surface area contributed by atoms with Crippen molar-refractivity contribution in [1.82, 2.24) is 9.55 Å². The second-order valence-corrected chi connectivity index (χ2v) is 5.33. The van der Waals surface area contributed by atoms with E-state index in [1.165, 1.54) is 0 Å². The van der Waals surface area contributed by atoms with Gasteiger partial charge in [-0.2, -0.15) is 0 Å². The smallest absolute Gasteiger partial charge is 0.161 e. The third-order valence-electron chi connectivity index (χ3n) is 3.24. The highest BCUT2D eigenvalue weighted by atomic mass is 79.9. The van der Waals surface area contributed by atoms with Gasteiger partial charge in [0.1, 0.15) is 17.3 Å². The van der Waals surface area contributed by atoms with Gasteiger partial charge in [-0.15, -0.1) is 6.58 Å². The first kappa shape index (κ1) is 15.4. The number of rotatable bonds is 5. The summed E-state index contributed by atoms with van der Waals surface area (Å²) in [6.07, 6.45) is 1.79. The van der Waals surface area contributed by atoms with Gasteiger partial charge in [0.25, 0.3) is 0 Å². The SMILES string of the molecule is C=CCn1c(C)nc(-c2cc(OC)c(OC)cc2Br)c1N. The fourth-order valence-electron chi connectivity index (χ4n) is 2.17. The van der Waals surface area contributed by atoms with Crippen molar-refractivity contribution in [2.45, 2.75) is 13.5 Å². The van der Waals surface area contributed by atoms with Gasteiger partial charge < -0.3 is 19.8 Å². The molecular weight excluding hydrogens is 334 g/mol. The van der Waals surface area contributed by atoms with Crippen molar-refractivity contribution < 1.29 is 9.47 Å². The molecule has 0 atom stereocenters. The number of benzene rings is 1. The maximum absolute atomic E-state index is 6.21. The number of aryl methyl sites for hydroxylation is 1. The van der Waals surface area contributed by atoms with E-state index in [0.717, 1.165) is 15.9 Å². The van der Waals surface area contributed by atoms with Crippen molar-refractivity contribution in [2.24, 2.45) is 0 Å². The lowest BCUT2D eigenvalue weighted by molar-refractivity contribution is 0.355. The van der Waals surface area contributed by atoms with E-state index < -0.39 is 0 Å². The number of halogens is 1. The molecule has 112 valence electrons. The third kappa shape index (κ3) is 2.76. The summed E-state index contributed by atoms with van der Waals surface area (Å²) in [5.41, 5.74) is 7.78. The van der Waals surface area contributed by atoms with E-state index >= 15 is 0 Å². The zero-order valence-corrected chi connectivity index (χ0v) is 13.9. The molecule has 0 bridgehead atoms. The van der Waals surface area contributed by atoms with Crippen molar-refractivity contribution in [2.75, 3.05) is 20.0 Å². The summed E-state index contributed by atoms with van der Waals surface area (Å²) in [4.78, 5) is 4.55. The first-order valence-corrected chi connectivity index (χ1v) is 7.18. The van der Waals surface area contributed by atoms with E-state index in [1.54, 1.807) is 20.3 Å². The van der Waals surface area contributed by atoms with Gasteiger partial charge in [-0.05, 0) is 35.0 Å². The number of hydrogen-bond acceptors (Lipinski definition) is 4. The molecule has 1 aromatic carbocycles. The van der Waals surface area contributed by atoms with E-state index in [2.05, 4.69) is 27.5 Å². The summed E-state index contributed by atoms with van der Waals surface area (Å²) in [6.45, 7) is 6.27. The molecule has 2 aromatic rings. The van der Waals surface area contributed by atoms with Gasteiger partial charge in [-0.3, -0.25) is 0 Å². The summed E-state index contributed by atoms with van der Waals surface area (Å²) < 4.78 is 13.4. The van der Waals surface area contributed by atoms with Crippen LogP contribution < -0.4 is 15.2 Å². The quantitative estimate of drug-likeness (QED) is 0.838. The van der Waals surface area contributed by atoms with Crippen LogP contribution in [0.1, 0.15) is 5.82 Å². The number of aromatic nitrogens is 2. The Morgan fingerprint density at radius 1 is 1.33 bits per heavy atom. The Hall–Kier alpha value is -1.95. The van der Waals surface area contributed by atoms with Gasteiger partial charge in [0.15, 0.2) is 11.5 Å². The molecule has 0 saturated heterocycles. The molecule has 6 heteroatoms. The first-order valence-electron chi connectivity index (χ1n) is 6.38. The molecule has 0 spiro atoms. The van der Waals surface area contributed by atoms with Crippen molar-refractivity contribution in [3.63, 3.8) is 0 Å². The number of methoxy groups -OCH3 is 2. The number of anilines is 1. The van der Waals surface area contributed by atoms with E-state index in [-0.39, 0.29) is 0 Å². The van der Waals surface area contributed by atoms with Gasteiger partial charge in [0.05, 0.1) is 14.2 Å². The van der Waals surface area contributed by atoms with Crippen molar-refractivity contribution >= 4 is 21.7 Å². The van der Waals surface area contributed by atoms with E-state index in [9.17, 15) is 0 Å². The monoisotopic (exact) mass is 351 g/mol. The molecule has 0 radical (unpaired) electrons. The Morgan fingerprint density at radius 3 is 2.52 bits per heavy atom. The van der Waals surface area contributed by atoms with Crippen LogP contribution in [-0.2, 0) is 6.54 Å². The van der Waals surface area contributed by atoms with Crippen LogP contribution in [0, 0.1) is 6.92 Å². The van der Waals surface area contributed by atoms with Gasteiger partial charge in [0.2, 0.25) is 0 Å². The minimum Gasteiger partial charge on any atom is -0.493 e. The lowest BCUT2D eigenvalue weighted by Gasteiger charge is -2.11. The fourth-order valence-corrected chi connectivity index (χ4v) is 2.69. The summed E-state index contributed by atoms with van der Waals surface area (Å²) >= 11 is 3.53. The molecule has 2 rings (SSSR count). The average molecular weight is 352 g/mol. The van der Waals surface area contributed by atoms with Gasteiger partial charge in [-0.1, -0.05) is 6.08 Å². The topological polar surface area (TPSA) is 62.3 Å². The van der Waals surface area contributed by atoms with Crippen LogP contribution in [0.25, 0.3) is 11.3 Å². The van der Waals surface area contributed by atoms with E-state index in [0.29, 0.717) is 29.6 Å². The summed E-state index contributed by atoms with van der Waals surface area (Å²) in [5, 5.41) is 0. The fraction of sp³-hybridized carbons (Fsp3) is 0.267. The van der Waals surface area contributed by atoms with Crippen LogP contribution in [-0.4, -0.2) is 23.8 Å². The van der Waals surface area contributed by atoms with Crippen molar-refractivity contribution in [1.29, 1.82) is 0 Å². The Kier molecular flexibility index (Phi) is 4.57. The van der Waals surface area contributed by atoms with Gasteiger partial charge in [0, 0.05) is 16.6 Å². The second kappa shape index (κ2) is 6.22. The molecule has 0 amide bonds. The summed E-state index contributed by atoms with van der Waals surface area (Å²) in [7, 11) is 3.20. The molecule has 0 unspecified atom stereocenters. The van der Waals surface area contributed by atoms with Crippen LogP contribution in [0.5, 0.6) is 11.5 Å². The largest absolute Gasteiger partial charge is 0.493 e. The van der Waals surface area contributed by atoms with Crippen LogP contribution >= 0.6 is 15.9 Å². The predicted molar refractivity (Wildman–Crippen MR) is 87.8 cm³/mol. The molecule has 1 aromatic heterocycles. The Labute approximate surface area is 132 Å². The standard InChI is InChI=1S/C15H18BrN3O2/c1-5-6-19-9(2)18-14(15(19)17)10-7-12(20-3)13(21-4)8-11(10)16/h5,7-8H,1,6,17H2,2-4H3. The number of allylic oxidation sites excluding steroid dienone is 1. The number of nitrogens with zero attached hydrogens (tertiary/aromatic N) is 2. The van der Waals surface area contributed by atoms with Gasteiger partial charge >= 0.3 is 0 Å². The average Bonchev–Trinajstić information content (AvgIpc) is 2.75. The van der Waals surface area contributed by atoms with Crippen LogP contribution in [0.15, 0.2) is 29.3 Å². The lowest BCUT2D eigenvalue weighted by Crippen LogP contribution is -2.03. The normalized spacial score (nSPS) is 10.5. The number of nitrogens with two attached hydrogens (primary N) is 1. The minimum absolute atomic E-state index is 0.598. The maximum atomic E-state index is 6.21. The highest BCUT2D eigenvalue weighted by Gasteiger charge is 2.18. The zero-order chi connectivity index (χ0) is 15.6. The molecule has 0 fully saturated rings. The zero-order valence-electron chi connectivity index (χ0n) is 12.3. The number of ether oxygens (including phenoxy) is 2. The van der Waals surface area contributed by atoms with Crippen LogP contribution in [0.2, 0.25) is 0 Å². The van der Waals surface area contributed by atoms with E-state index in [4.69, 9.17) is 15.2 Å².